The standard InChI is InChI=1S/C22H15ClF2N2O3S/c1-13-9-16(24)7-8-21(13)31(29,30)27-19-10-14(5-6-15(19)12-26-27)11-20(28)22-17(23)3-2-4-18(22)25/h2-10,12H,11H2,1H3. The Morgan fingerprint density at radius 2 is 1.87 bits per heavy atom. The molecule has 9 heteroatoms. The molecule has 0 saturated heterocycles. The molecule has 0 aliphatic rings. The van der Waals surface area contributed by atoms with Crippen LogP contribution in [0.2, 0.25) is 5.02 Å². The predicted octanol–water partition coefficient (Wildman–Crippen LogP) is 4.94. The number of aryl methyl sites for hydroxylation is 1. The summed E-state index contributed by atoms with van der Waals surface area (Å²) in [5, 5.41) is 4.52. The Kier molecular flexibility index (Phi) is 5.36. The Morgan fingerprint density at radius 1 is 1.10 bits per heavy atom. The summed E-state index contributed by atoms with van der Waals surface area (Å²) in [5.74, 6) is -1.81. The molecule has 0 aliphatic carbocycles. The fourth-order valence-electron chi connectivity index (χ4n) is 3.38. The van der Waals surface area contributed by atoms with Crippen LogP contribution in [0.25, 0.3) is 10.9 Å². The molecule has 4 aromatic rings. The van der Waals surface area contributed by atoms with Gasteiger partial charge in [0.25, 0.3) is 10.0 Å². The van der Waals surface area contributed by atoms with Gasteiger partial charge in [-0.1, -0.05) is 29.8 Å². The Balaban J connectivity index is 1.75. The van der Waals surface area contributed by atoms with Crippen LogP contribution in [0, 0.1) is 18.6 Å². The minimum Gasteiger partial charge on any atom is -0.294 e. The van der Waals surface area contributed by atoms with Crippen molar-refractivity contribution < 1.29 is 22.0 Å². The van der Waals surface area contributed by atoms with E-state index in [0.29, 0.717) is 10.9 Å². The van der Waals surface area contributed by atoms with Gasteiger partial charge in [0, 0.05) is 11.8 Å². The Morgan fingerprint density at radius 3 is 2.58 bits per heavy atom. The Hall–Kier alpha value is -3.10. The summed E-state index contributed by atoms with van der Waals surface area (Å²) in [4.78, 5) is 12.5. The quantitative estimate of drug-likeness (QED) is 0.396. The third-order valence-corrected chi connectivity index (χ3v) is 6.93. The maximum atomic E-state index is 14.1. The number of aromatic nitrogens is 2. The number of benzene rings is 3. The molecular weight excluding hydrogens is 446 g/mol. The van der Waals surface area contributed by atoms with E-state index in [0.717, 1.165) is 22.3 Å². The third kappa shape index (κ3) is 3.84. The number of carbonyl (C=O) groups is 1. The minimum absolute atomic E-state index is 0.00508. The summed E-state index contributed by atoms with van der Waals surface area (Å²) in [7, 11) is -4.11. The van der Waals surface area contributed by atoms with E-state index in [9.17, 15) is 22.0 Å². The highest BCUT2D eigenvalue weighted by Crippen LogP contribution is 2.26. The first-order valence-corrected chi connectivity index (χ1v) is 11.0. The fourth-order valence-corrected chi connectivity index (χ4v) is 5.12. The first-order chi connectivity index (χ1) is 14.7. The lowest BCUT2D eigenvalue weighted by atomic mass is 10.0. The van der Waals surface area contributed by atoms with E-state index in [-0.39, 0.29) is 33.0 Å². The maximum absolute atomic E-state index is 14.1. The number of hydrogen-bond donors (Lipinski definition) is 0. The lowest BCUT2D eigenvalue weighted by molar-refractivity contribution is 0.0989. The number of Topliss-reactive ketones (excluding diaryl/α,β-unsaturated/α-hetero) is 1. The molecule has 5 nitrogen and oxygen atoms in total. The molecule has 158 valence electrons. The molecule has 3 aromatic carbocycles. The summed E-state index contributed by atoms with van der Waals surface area (Å²) in [6.45, 7) is 1.49. The van der Waals surface area contributed by atoms with E-state index in [2.05, 4.69) is 5.10 Å². The summed E-state index contributed by atoms with van der Waals surface area (Å²) < 4.78 is 54.6. The number of halogens is 3. The third-order valence-electron chi connectivity index (χ3n) is 4.85. The minimum atomic E-state index is -4.11. The van der Waals surface area contributed by atoms with Crippen LogP contribution in [0.3, 0.4) is 0 Å². The van der Waals surface area contributed by atoms with Gasteiger partial charge in [-0.05, 0) is 54.4 Å². The maximum Gasteiger partial charge on any atom is 0.283 e. The molecule has 0 atom stereocenters. The zero-order chi connectivity index (χ0) is 22.3. The molecule has 1 heterocycles. The molecule has 0 spiro atoms. The molecule has 0 saturated carbocycles. The van der Waals surface area contributed by atoms with Crippen LogP contribution in [0.15, 0.2) is 65.7 Å². The van der Waals surface area contributed by atoms with Crippen molar-refractivity contribution in [2.45, 2.75) is 18.2 Å². The van der Waals surface area contributed by atoms with Gasteiger partial charge in [-0.2, -0.15) is 17.6 Å². The molecular formula is C22H15ClF2N2O3S. The molecule has 0 radical (unpaired) electrons. The van der Waals surface area contributed by atoms with Gasteiger partial charge >= 0.3 is 0 Å². The number of hydrogen-bond acceptors (Lipinski definition) is 4. The van der Waals surface area contributed by atoms with E-state index in [1.807, 2.05) is 0 Å². The van der Waals surface area contributed by atoms with Crippen molar-refractivity contribution in [1.29, 1.82) is 0 Å². The molecule has 0 bridgehead atoms. The number of ketones is 1. The second-order valence-electron chi connectivity index (χ2n) is 6.99. The van der Waals surface area contributed by atoms with Gasteiger partial charge in [-0.25, -0.2) is 8.78 Å². The van der Waals surface area contributed by atoms with Crippen LogP contribution in [-0.2, 0) is 16.4 Å². The van der Waals surface area contributed by atoms with Crippen LogP contribution < -0.4 is 0 Å². The van der Waals surface area contributed by atoms with E-state index in [1.54, 1.807) is 12.1 Å². The molecule has 0 N–H and O–H groups in total. The van der Waals surface area contributed by atoms with Crippen molar-refractivity contribution in [2.24, 2.45) is 0 Å². The van der Waals surface area contributed by atoms with E-state index >= 15 is 0 Å². The van der Waals surface area contributed by atoms with Gasteiger partial charge < -0.3 is 0 Å². The highest BCUT2D eigenvalue weighted by molar-refractivity contribution is 7.90. The van der Waals surface area contributed by atoms with Crippen molar-refractivity contribution in [3.63, 3.8) is 0 Å². The number of rotatable bonds is 5. The molecule has 0 aliphatic heterocycles. The highest BCUT2D eigenvalue weighted by Gasteiger charge is 2.23. The van der Waals surface area contributed by atoms with Gasteiger partial charge in [-0.15, -0.1) is 0 Å². The van der Waals surface area contributed by atoms with Gasteiger partial charge in [0.15, 0.2) is 5.78 Å². The lowest BCUT2D eigenvalue weighted by Crippen LogP contribution is -2.16. The van der Waals surface area contributed by atoms with Gasteiger partial charge in [0.05, 0.1) is 27.2 Å². The average Bonchev–Trinajstić information content (AvgIpc) is 3.11. The summed E-state index contributed by atoms with van der Waals surface area (Å²) >= 11 is 5.97. The van der Waals surface area contributed by atoms with E-state index in [1.165, 1.54) is 37.4 Å². The molecule has 31 heavy (non-hydrogen) atoms. The van der Waals surface area contributed by atoms with Crippen molar-refractivity contribution in [2.75, 3.05) is 0 Å². The van der Waals surface area contributed by atoms with Crippen LogP contribution in [0.5, 0.6) is 0 Å². The van der Waals surface area contributed by atoms with Crippen molar-refractivity contribution in [3.05, 3.63) is 94.1 Å². The number of fused-ring (bicyclic) bond motifs is 1. The van der Waals surface area contributed by atoms with E-state index in [4.69, 9.17) is 11.6 Å². The van der Waals surface area contributed by atoms with Gasteiger partial charge in [0.2, 0.25) is 0 Å². The van der Waals surface area contributed by atoms with Crippen LogP contribution >= 0.6 is 11.6 Å². The van der Waals surface area contributed by atoms with E-state index < -0.39 is 27.4 Å². The van der Waals surface area contributed by atoms with Crippen LogP contribution in [0.1, 0.15) is 21.5 Å². The zero-order valence-corrected chi connectivity index (χ0v) is 17.7. The van der Waals surface area contributed by atoms with Crippen LogP contribution in [-0.4, -0.2) is 23.4 Å². The summed E-state index contributed by atoms with van der Waals surface area (Å²) in [6, 6.07) is 12.1. The molecule has 4 rings (SSSR count). The predicted molar refractivity (Wildman–Crippen MR) is 113 cm³/mol. The topological polar surface area (TPSA) is 69.0 Å². The van der Waals surface area contributed by atoms with Crippen LogP contribution in [0.4, 0.5) is 8.78 Å². The molecule has 0 unspecified atom stereocenters. The zero-order valence-electron chi connectivity index (χ0n) is 16.1. The Bertz CT molecular complexity index is 1430. The Labute approximate surface area is 181 Å². The second-order valence-corrected chi connectivity index (χ2v) is 9.14. The number of nitrogens with zero attached hydrogens (tertiary/aromatic N) is 2. The highest BCUT2D eigenvalue weighted by atomic mass is 35.5. The number of carbonyl (C=O) groups excluding carboxylic acids is 1. The van der Waals surface area contributed by atoms with Crippen molar-refractivity contribution >= 4 is 38.3 Å². The largest absolute Gasteiger partial charge is 0.294 e. The molecule has 1 aromatic heterocycles. The first kappa shape index (κ1) is 21.1. The van der Waals surface area contributed by atoms with Crippen molar-refractivity contribution in [3.8, 4) is 0 Å². The smallest absolute Gasteiger partial charge is 0.283 e. The lowest BCUT2D eigenvalue weighted by Gasteiger charge is -2.10. The normalized spacial score (nSPS) is 11.7. The summed E-state index contributed by atoms with van der Waals surface area (Å²) in [5.41, 5.74) is 0.731. The fraction of sp³-hybridized carbons (Fsp3) is 0.0909. The van der Waals surface area contributed by atoms with Gasteiger partial charge in [-0.3, -0.25) is 4.79 Å². The van der Waals surface area contributed by atoms with Crippen molar-refractivity contribution in [1.82, 2.24) is 9.19 Å². The monoisotopic (exact) mass is 460 g/mol. The first-order valence-electron chi connectivity index (χ1n) is 9.14. The van der Waals surface area contributed by atoms with Gasteiger partial charge in [0.1, 0.15) is 11.6 Å². The molecule has 0 amide bonds. The summed E-state index contributed by atoms with van der Waals surface area (Å²) in [6.07, 6.45) is 1.20. The SMILES string of the molecule is Cc1cc(F)ccc1S(=O)(=O)n1ncc2ccc(CC(=O)c3c(F)cccc3Cl)cc21. The molecule has 0 fully saturated rings. The average molecular weight is 461 g/mol. The second kappa shape index (κ2) is 7.86.